The second-order valence-electron chi connectivity index (χ2n) is 5.88. The third-order valence-electron chi connectivity index (χ3n) is 2.96. The number of carbonyl (C=O) groups excluding carboxylic acids is 2. The summed E-state index contributed by atoms with van der Waals surface area (Å²) in [6, 6.07) is 0. The molecule has 0 bridgehead atoms. The van der Waals surface area contributed by atoms with Crippen LogP contribution in [0.25, 0.3) is 0 Å². The van der Waals surface area contributed by atoms with Crippen LogP contribution in [-0.2, 0) is 28.7 Å². The minimum atomic E-state index is -1.26. The summed E-state index contributed by atoms with van der Waals surface area (Å²) in [4.78, 5) is 41.0. The first kappa shape index (κ1) is 36.1. The quantitative estimate of drug-likeness (QED) is 0.103. The molecule has 2 atom stereocenters. The highest BCUT2D eigenvalue weighted by Gasteiger charge is 2.10. The monoisotopic (exact) mass is 532 g/mol. The minimum absolute atomic E-state index is 0.0404. The summed E-state index contributed by atoms with van der Waals surface area (Å²) >= 11 is 10.5. The van der Waals surface area contributed by atoms with Gasteiger partial charge >= 0.3 is 23.9 Å². The van der Waals surface area contributed by atoms with Gasteiger partial charge in [-0.25, -0.2) is 19.2 Å². The van der Waals surface area contributed by atoms with Crippen molar-refractivity contribution < 1.29 is 59.3 Å². The topological polar surface area (TPSA) is 208 Å². The van der Waals surface area contributed by atoms with Gasteiger partial charge in [0, 0.05) is 23.3 Å². The fourth-order valence-electron chi connectivity index (χ4n) is 1.41. The van der Waals surface area contributed by atoms with Gasteiger partial charge in [0.15, 0.2) is 0 Å². The molecule has 0 aliphatic heterocycles. The predicted octanol–water partition coefficient (Wildman–Crippen LogP) is 0.543. The molecule has 0 aliphatic carbocycles. The molecule has 196 valence electrons. The second-order valence-corrected chi connectivity index (χ2v) is 6.89. The Morgan fingerprint density at radius 3 is 1.24 bits per heavy atom. The molecule has 0 radical (unpaired) electrons. The standard InChI is InChI=1S/2C8H13ClO4.C4H4O4/c2*1-6(2-3-7(9)11)8(12)13-5-4-10;5-3(6)1-2-4(7)8/h2*7,10-11H,1-5H2;1-2H,(H,5,6)(H,7,8)/b;;2-1-. The maximum Gasteiger partial charge on any atom is 0.333 e. The number of aliphatic carboxylic acids is 2. The number of carboxylic acid groups (broad SMARTS) is 2. The average molecular weight is 533 g/mol. The van der Waals surface area contributed by atoms with E-state index in [-0.39, 0.29) is 63.3 Å². The van der Waals surface area contributed by atoms with Crippen LogP contribution in [0.3, 0.4) is 0 Å². The molecule has 12 nitrogen and oxygen atoms in total. The number of rotatable bonds is 14. The molecule has 2 unspecified atom stereocenters. The van der Waals surface area contributed by atoms with Crippen LogP contribution in [0.1, 0.15) is 25.7 Å². The van der Waals surface area contributed by atoms with Crippen LogP contribution in [0.15, 0.2) is 36.5 Å². The van der Waals surface area contributed by atoms with Crippen molar-refractivity contribution >= 4 is 47.1 Å². The molecule has 0 saturated heterocycles. The Bertz CT molecular complexity index is 618. The van der Waals surface area contributed by atoms with Crippen LogP contribution in [0.5, 0.6) is 0 Å². The van der Waals surface area contributed by atoms with Gasteiger partial charge in [-0.15, -0.1) is 0 Å². The highest BCUT2D eigenvalue weighted by molar-refractivity contribution is 6.19. The Hall–Kier alpha value is -2.48. The van der Waals surface area contributed by atoms with Crippen LogP contribution >= 0.6 is 23.2 Å². The number of halogens is 2. The zero-order valence-electron chi connectivity index (χ0n) is 18.3. The van der Waals surface area contributed by atoms with Crippen molar-refractivity contribution in [3.05, 3.63) is 36.5 Å². The summed E-state index contributed by atoms with van der Waals surface area (Å²) in [5.74, 6) is -3.64. The average Bonchev–Trinajstić information content (AvgIpc) is 2.76. The van der Waals surface area contributed by atoms with E-state index in [4.69, 9.17) is 53.8 Å². The van der Waals surface area contributed by atoms with Crippen molar-refractivity contribution in [2.45, 2.75) is 36.8 Å². The van der Waals surface area contributed by atoms with Crippen LogP contribution in [0.2, 0.25) is 0 Å². The number of hydrogen-bond donors (Lipinski definition) is 6. The molecule has 0 heterocycles. The van der Waals surface area contributed by atoms with E-state index in [9.17, 15) is 19.2 Å². The van der Waals surface area contributed by atoms with Gasteiger partial charge in [-0.2, -0.15) is 0 Å². The number of aliphatic hydroxyl groups excluding tert-OH is 4. The molecule has 0 aliphatic rings. The van der Waals surface area contributed by atoms with Crippen molar-refractivity contribution in [3.63, 3.8) is 0 Å². The summed E-state index contributed by atoms with van der Waals surface area (Å²) in [6.07, 6.45) is 2.21. The van der Waals surface area contributed by atoms with Crippen LogP contribution in [0, 0.1) is 0 Å². The van der Waals surface area contributed by atoms with Crippen molar-refractivity contribution in [1.82, 2.24) is 0 Å². The van der Waals surface area contributed by atoms with Crippen molar-refractivity contribution in [1.29, 1.82) is 0 Å². The van der Waals surface area contributed by atoms with Gasteiger partial charge in [-0.1, -0.05) is 36.4 Å². The maximum absolute atomic E-state index is 11.0. The normalized spacial score (nSPS) is 11.6. The van der Waals surface area contributed by atoms with Gasteiger partial charge in [0.1, 0.15) is 24.3 Å². The molecule has 0 aromatic carbocycles. The number of carboxylic acids is 2. The number of ether oxygens (including phenoxy) is 2. The third kappa shape index (κ3) is 29.5. The fourth-order valence-corrected chi connectivity index (χ4v) is 1.63. The Kier molecular flexibility index (Phi) is 25.1. The molecule has 0 saturated carbocycles. The molecule has 0 spiro atoms. The number of hydrogen-bond acceptors (Lipinski definition) is 10. The smallest absolute Gasteiger partial charge is 0.333 e. The number of esters is 2. The zero-order chi connectivity index (χ0) is 27.1. The number of alkyl halides is 2. The largest absolute Gasteiger partial charge is 0.478 e. The van der Waals surface area contributed by atoms with E-state index in [1.54, 1.807) is 0 Å². The van der Waals surface area contributed by atoms with Crippen LogP contribution < -0.4 is 0 Å². The molecule has 0 aromatic heterocycles. The van der Waals surface area contributed by atoms with Gasteiger partial charge < -0.3 is 40.1 Å². The minimum Gasteiger partial charge on any atom is -0.478 e. The molecule has 6 N–H and O–H groups in total. The molecule has 0 rings (SSSR count). The molecular formula is C20H30Cl2O12. The number of carbonyl (C=O) groups is 4. The third-order valence-corrected chi connectivity index (χ3v) is 3.40. The predicted molar refractivity (Wildman–Crippen MR) is 121 cm³/mol. The lowest BCUT2D eigenvalue weighted by Crippen LogP contribution is -2.11. The first-order valence-corrected chi connectivity index (χ1v) is 10.3. The fraction of sp³-hybridized carbons (Fsp3) is 0.500. The molecule has 0 aromatic rings. The van der Waals surface area contributed by atoms with Gasteiger partial charge in [0.2, 0.25) is 0 Å². The van der Waals surface area contributed by atoms with Gasteiger partial charge in [0.05, 0.1) is 13.2 Å². The van der Waals surface area contributed by atoms with Crippen molar-refractivity contribution in [3.8, 4) is 0 Å². The molecular weight excluding hydrogens is 503 g/mol. The van der Waals surface area contributed by atoms with E-state index in [0.29, 0.717) is 12.2 Å². The summed E-state index contributed by atoms with van der Waals surface area (Å²) in [5.41, 5.74) is -1.45. The van der Waals surface area contributed by atoms with E-state index < -0.39 is 35.0 Å². The van der Waals surface area contributed by atoms with E-state index in [1.165, 1.54) is 0 Å². The maximum atomic E-state index is 11.0. The Morgan fingerprint density at radius 2 is 1.03 bits per heavy atom. The Balaban J connectivity index is -0.000000438. The first-order valence-electron chi connectivity index (χ1n) is 9.48. The Labute approximate surface area is 206 Å². The van der Waals surface area contributed by atoms with Gasteiger partial charge in [0.25, 0.3) is 0 Å². The zero-order valence-corrected chi connectivity index (χ0v) is 19.8. The molecule has 0 amide bonds. The lowest BCUT2D eigenvalue weighted by Gasteiger charge is -2.05. The van der Waals surface area contributed by atoms with Crippen molar-refractivity contribution in [2.75, 3.05) is 26.4 Å². The van der Waals surface area contributed by atoms with E-state index in [2.05, 4.69) is 22.6 Å². The summed E-state index contributed by atoms with van der Waals surface area (Å²) in [7, 11) is 0. The molecule has 0 fully saturated rings. The Morgan fingerprint density at radius 1 is 0.735 bits per heavy atom. The SMILES string of the molecule is C=C(CCC(O)Cl)C(=O)OCCO.C=C(CCC(O)Cl)C(=O)OCCO.O=C(O)/C=C\C(=O)O. The number of aliphatic hydroxyl groups is 4. The summed E-state index contributed by atoms with van der Waals surface area (Å²) in [5, 5.41) is 49.7. The molecule has 14 heteroatoms. The lowest BCUT2D eigenvalue weighted by molar-refractivity contribution is -0.141. The summed E-state index contributed by atoms with van der Waals surface area (Å²) in [6.45, 7) is 6.40. The van der Waals surface area contributed by atoms with Crippen LogP contribution in [-0.4, -0.2) is 92.1 Å². The van der Waals surface area contributed by atoms with Gasteiger partial charge in [-0.05, 0) is 25.7 Å². The van der Waals surface area contributed by atoms with E-state index in [0.717, 1.165) is 0 Å². The molecule has 34 heavy (non-hydrogen) atoms. The van der Waals surface area contributed by atoms with Crippen LogP contribution in [0.4, 0.5) is 0 Å². The second kappa shape index (κ2) is 23.7. The van der Waals surface area contributed by atoms with E-state index in [1.807, 2.05) is 0 Å². The van der Waals surface area contributed by atoms with Gasteiger partial charge in [-0.3, -0.25) is 0 Å². The first-order chi connectivity index (χ1) is 15.8. The lowest BCUT2D eigenvalue weighted by atomic mass is 10.2. The highest BCUT2D eigenvalue weighted by atomic mass is 35.5. The van der Waals surface area contributed by atoms with Crippen molar-refractivity contribution in [2.24, 2.45) is 0 Å². The highest BCUT2D eigenvalue weighted by Crippen LogP contribution is 2.10. The van der Waals surface area contributed by atoms with E-state index >= 15 is 0 Å². The summed E-state index contributed by atoms with van der Waals surface area (Å²) < 4.78 is 9.14.